The molecule has 1 aromatic carbocycles. The Bertz CT molecular complexity index is 860. The number of para-hydroxylation sites is 1. The number of nitrogens with two attached hydrogens (primary N) is 1. The highest BCUT2D eigenvalue weighted by atomic mass is 32.2. The van der Waals surface area contributed by atoms with Gasteiger partial charge in [-0.05, 0) is 6.07 Å². The largest absolute Gasteiger partial charge is 0.368 e. The number of fused-ring (bicyclic) bond motifs is 3. The van der Waals surface area contributed by atoms with E-state index in [9.17, 15) is 4.79 Å². The van der Waals surface area contributed by atoms with Crippen molar-refractivity contribution in [2.75, 3.05) is 26.4 Å². The molecule has 0 aliphatic rings. The first-order valence-electron chi connectivity index (χ1n) is 7.38. The quantitative estimate of drug-likeness (QED) is 0.605. The number of amides is 1. The predicted octanol–water partition coefficient (Wildman–Crippen LogP) is -0.299. The van der Waals surface area contributed by atoms with Gasteiger partial charge in [0.2, 0.25) is 11.1 Å². The molecular weight excluding hydrogens is 312 g/mol. The van der Waals surface area contributed by atoms with Gasteiger partial charge in [-0.15, -0.1) is 10.2 Å². The molecule has 0 atom stereocenters. The topological polar surface area (TPSA) is 91.1 Å². The van der Waals surface area contributed by atoms with Crippen molar-refractivity contribution in [2.24, 2.45) is 5.73 Å². The number of carbonyl (C=O) groups excluding carboxylic acids is 1. The van der Waals surface area contributed by atoms with Gasteiger partial charge in [0.15, 0.2) is 5.65 Å². The lowest BCUT2D eigenvalue weighted by Crippen LogP contribution is -3.06. The van der Waals surface area contributed by atoms with Crippen molar-refractivity contribution < 1.29 is 9.69 Å². The van der Waals surface area contributed by atoms with E-state index < -0.39 is 5.91 Å². The SMILES string of the molecule is C[NH+](C)CCSc1nnc2c3ccccc3n(CC(N)=O)c2n1. The van der Waals surface area contributed by atoms with Crippen LogP contribution in [-0.2, 0) is 11.3 Å². The van der Waals surface area contributed by atoms with Crippen molar-refractivity contribution in [1.82, 2.24) is 19.7 Å². The third kappa shape index (κ3) is 3.27. The highest BCUT2D eigenvalue weighted by Gasteiger charge is 2.16. The van der Waals surface area contributed by atoms with Gasteiger partial charge >= 0.3 is 0 Å². The van der Waals surface area contributed by atoms with Crippen LogP contribution in [-0.4, -0.2) is 52.0 Å². The summed E-state index contributed by atoms with van der Waals surface area (Å²) in [6.07, 6.45) is 0. The average molecular weight is 331 g/mol. The van der Waals surface area contributed by atoms with Crippen molar-refractivity contribution in [1.29, 1.82) is 0 Å². The molecule has 0 unspecified atom stereocenters. The molecule has 0 spiro atoms. The van der Waals surface area contributed by atoms with E-state index in [1.165, 1.54) is 4.90 Å². The van der Waals surface area contributed by atoms with Crippen LogP contribution in [0.15, 0.2) is 29.4 Å². The molecule has 7 nitrogen and oxygen atoms in total. The minimum atomic E-state index is -0.406. The minimum Gasteiger partial charge on any atom is -0.368 e. The summed E-state index contributed by atoms with van der Waals surface area (Å²) < 4.78 is 1.81. The van der Waals surface area contributed by atoms with Gasteiger partial charge in [0, 0.05) is 5.39 Å². The summed E-state index contributed by atoms with van der Waals surface area (Å²) in [6.45, 7) is 1.09. The number of carbonyl (C=O) groups is 1. The molecule has 3 rings (SSSR count). The summed E-state index contributed by atoms with van der Waals surface area (Å²) in [4.78, 5) is 17.4. The summed E-state index contributed by atoms with van der Waals surface area (Å²) in [7, 11) is 4.21. The predicted molar refractivity (Wildman–Crippen MR) is 90.4 cm³/mol. The first-order chi connectivity index (χ1) is 11.1. The number of thioether (sulfide) groups is 1. The Labute approximate surface area is 137 Å². The van der Waals surface area contributed by atoms with Crippen molar-refractivity contribution >= 4 is 39.7 Å². The van der Waals surface area contributed by atoms with E-state index in [0.29, 0.717) is 16.3 Å². The van der Waals surface area contributed by atoms with Crippen LogP contribution in [0.5, 0.6) is 0 Å². The van der Waals surface area contributed by atoms with Crippen molar-refractivity contribution in [2.45, 2.75) is 11.7 Å². The fourth-order valence-electron chi connectivity index (χ4n) is 2.41. The molecule has 8 heteroatoms. The van der Waals surface area contributed by atoms with Gasteiger partial charge in [-0.2, -0.15) is 0 Å². The monoisotopic (exact) mass is 331 g/mol. The molecule has 0 saturated carbocycles. The zero-order valence-corrected chi connectivity index (χ0v) is 13.9. The summed E-state index contributed by atoms with van der Waals surface area (Å²) >= 11 is 1.57. The van der Waals surface area contributed by atoms with Gasteiger partial charge in [-0.25, -0.2) is 4.98 Å². The van der Waals surface area contributed by atoms with Gasteiger partial charge in [0.05, 0.1) is 31.9 Å². The Kier molecular flexibility index (Phi) is 4.44. The lowest BCUT2D eigenvalue weighted by Gasteiger charge is -2.06. The molecule has 0 fully saturated rings. The summed E-state index contributed by atoms with van der Waals surface area (Å²) in [5.41, 5.74) is 7.63. The van der Waals surface area contributed by atoms with E-state index in [4.69, 9.17) is 5.73 Å². The second-order valence-electron chi connectivity index (χ2n) is 5.64. The zero-order valence-electron chi connectivity index (χ0n) is 13.1. The first kappa shape index (κ1) is 15.7. The second-order valence-corrected chi connectivity index (χ2v) is 6.70. The van der Waals surface area contributed by atoms with E-state index in [2.05, 4.69) is 29.3 Å². The van der Waals surface area contributed by atoms with E-state index in [1.807, 2.05) is 28.8 Å². The Hall–Kier alpha value is -2.19. The number of hydrogen-bond acceptors (Lipinski definition) is 5. The van der Waals surface area contributed by atoms with Gasteiger partial charge in [-0.1, -0.05) is 30.0 Å². The number of primary amides is 1. The Balaban J connectivity index is 2.05. The third-order valence-electron chi connectivity index (χ3n) is 3.50. The van der Waals surface area contributed by atoms with Crippen molar-refractivity contribution in [3.8, 4) is 0 Å². The maximum atomic E-state index is 11.4. The Morgan fingerprint density at radius 3 is 2.83 bits per heavy atom. The number of benzene rings is 1. The average Bonchev–Trinajstić information content (AvgIpc) is 2.81. The van der Waals surface area contributed by atoms with Crippen molar-refractivity contribution in [3.05, 3.63) is 24.3 Å². The van der Waals surface area contributed by atoms with Crippen LogP contribution in [0.1, 0.15) is 0 Å². The molecule has 3 aromatic rings. The number of rotatable bonds is 6. The molecule has 0 aliphatic carbocycles. The Morgan fingerprint density at radius 2 is 2.09 bits per heavy atom. The first-order valence-corrected chi connectivity index (χ1v) is 8.36. The third-order valence-corrected chi connectivity index (χ3v) is 4.34. The van der Waals surface area contributed by atoms with Crippen LogP contribution in [0.25, 0.3) is 22.1 Å². The minimum absolute atomic E-state index is 0.0780. The van der Waals surface area contributed by atoms with E-state index >= 15 is 0 Å². The van der Waals surface area contributed by atoms with Crippen LogP contribution in [0, 0.1) is 0 Å². The fourth-order valence-corrected chi connectivity index (χ4v) is 3.36. The smallest absolute Gasteiger partial charge is 0.237 e. The van der Waals surface area contributed by atoms with E-state index in [-0.39, 0.29) is 6.54 Å². The van der Waals surface area contributed by atoms with Gasteiger partial charge in [0.25, 0.3) is 0 Å². The summed E-state index contributed by atoms with van der Waals surface area (Å²) in [5.74, 6) is 0.502. The van der Waals surface area contributed by atoms with Crippen LogP contribution in [0.3, 0.4) is 0 Å². The second kappa shape index (κ2) is 6.51. The Morgan fingerprint density at radius 1 is 1.30 bits per heavy atom. The maximum absolute atomic E-state index is 11.4. The molecule has 1 amide bonds. The number of aromatic nitrogens is 4. The summed E-state index contributed by atoms with van der Waals surface area (Å²) in [5, 5.41) is 10.1. The van der Waals surface area contributed by atoms with Gasteiger partial charge in [-0.3, -0.25) is 4.79 Å². The molecule has 0 saturated heterocycles. The van der Waals surface area contributed by atoms with Gasteiger partial charge < -0.3 is 15.2 Å². The van der Waals surface area contributed by atoms with E-state index in [0.717, 1.165) is 23.2 Å². The highest BCUT2D eigenvalue weighted by molar-refractivity contribution is 7.99. The summed E-state index contributed by atoms with van der Waals surface area (Å²) in [6, 6.07) is 7.74. The van der Waals surface area contributed by atoms with Crippen LogP contribution in [0.2, 0.25) is 0 Å². The lowest BCUT2D eigenvalue weighted by molar-refractivity contribution is -0.855. The maximum Gasteiger partial charge on any atom is 0.237 e. The molecular formula is C15H19N6OS+. The van der Waals surface area contributed by atoms with Crippen LogP contribution in [0.4, 0.5) is 0 Å². The number of hydrogen-bond donors (Lipinski definition) is 2. The normalized spacial score (nSPS) is 11.6. The number of nitrogens with one attached hydrogen (secondary N) is 1. The molecule has 3 N–H and O–H groups in total. The fraction of sp³-hybridized carbons (Fsp3) is 0.333. The number of nitrogens with zero attached hydrogens (tertiary/aromatic N) is 4. The molecule has 2 aromatic heterocycles. The van der Waals surface area contributed by atoms with Crippen molar-refractivity contribution in [3.63, 3.8) is 0 Å². The molecule has 23 heavy (non-hydrogen) atoms. The lowest BCUT2D eigenvalue weighted by atomic mass is 10.2. The van der Waals surface area contributed by atoms with Crippen LogP contribution >= 0.6 is 11.8 Å². The van der Waals surface area contributed by atoms with E-state index in [1.54, 1.807) is 11.8 Å². The molecule has 120 valence electrons. The highest BCUT2D eigenvalue weighted by Crippen LogP contribution is 2.26. The standard InChI is InChI=1S/C15H18N6OS/c1-20(2)7-8-23-15-17-14-13(18-19-15)10-5-3-4-6-11(10)21(14)9-12(16)22/h3-6H,7-9H2,1-2H3,(H2,16,22)/p+1. The molecule has 0 bridgehead atoms. The van der Waals surface area contributed by atoms with Crippen LogP contribution < -0.4 is 10.6 Å². The number of quaternary nitrogens is 1. The molecule has 2 heterocycles. The molecule has 0 radical (unpaired) electrons. The molecule has 0 aliphatic heterocycles. The zero-order chi connectivity index (χ0) is 16.4. The van der Waals surface area contributed by atoms with Gasteiger partial charge in [0.1, 0.15) is 12.1 Å².